The smallest absolute Gasteiger partial charge is 0.360 e. The van der Waals surface area contributed by atoms with Gasteiger partial charge in [0.2, 0.25) is 0 Å². The van der Waals surface area contributed by atoms with Crippen LogP contribution in [0.3, 0.4) is 0 Å². The molecule has 11 nitrogen and oxygen atoms in total. The Morgan fingerprint density at radius 2 is 1.87 bits per heavy atom. The lowest BCUT2D eigenvalue weighted by Crippen LogP contribution is -2.15. The van der Waals surface area contributed by atoms with Crippen LogP contribution in [0.25, 0.3) is 16.9 Å². The molecule has 31 heavy (non-hydrogen) atoms. The number of ether oxygens (including phenoxy) is 1. The summed E-state index contributed by atoms with van der Waals surface area (Å²) in [7, 11) is 1.26. The maximum atomic E-state index is 13.0. The fraction of sp³-hybridized carbons (Fsp3) is 0.300. The van der Waals surface area contributed by atoms with Crippen molar-refractivity contribution in [3.8, 4) is 11.3 Å². The molecule has 4 aromatic rings. The van der Waals surface area contributed by atoms with Crippen molar-refractivity contribution in [1.29, 1.82) is 0 Å². The minimum atomic E-state index is -0.633. The number of aryl methyl sites for hydroxylation is 3. The van der Waals surface area contributed by atoms with Crippen molar-refractivity contribution < 1.29 is 14.3 Å². The molecule has 0 atom stereocenters. The Morgan fingerprint density at radius 1 is 1.13 bits per heavy atom. The molecule has 0 bridgehead atoms. The van der Waals surface area contributed by atoms with Crippen LogP contribution in [0.5, 0.6) is 0 Å². The minimum Gasteiger partial charge on any atom is -0.464 e. The summed E-state index contributed by atoms with van der Waals surface area (Å²) >= 11 is 0. The normalized spacial score (nSPS) is 11.1. The predicted molar refractivity (Wildman–Crippen MR) is 112 cm³/mol. The second-order valence-electron chi connectivity index (χ2n) is 6.80. The topological polar surface area (TPSA) is 121 Å². The second-order valence-corrected chi connectivity index (χ2v) is 6.80. The number of hydrogen-bond acceptors (Lipinski definition) is 7. The van der Waals surface area contributed by atoms with Crippen LogP contribution in [0.15, 0.2) is 30.9 Å². The summed E-state index contributed by atoms with van der Waals surface area (Å²) in [5, 5.41) is 15.7. The highest BCUT2D eigenvalue weighted by Crippen LogP contribution is 2.24. The molecule has 0 aliphatic rings. The fourth-order valence-electron chi connectivity index (χ4n) is 3.30. The summed E-state index contributed by atoms with van der Waals surface area (Å²) < 4.78 is 9.75. The molecule has 4 aromatic heterocycles. The molecule has 0 saturated heterocycles. The quantitative estimate of drug-likeness (QED) is 0.473. The zero-order chi connectivity index (χ0) is 22.1. The first-order valence-electron chi connectivity index (χ1n) is 9.81. The van der Waals surface area contributed by atoms with E-state index in [1.807, 2.05) is 37.7 Å². The molecule has 4 heterocycles. The summed E-state index contributed by atoms with van der Waals surface area (Å²) in [5.74, 6) is -1.09. The lowest BCUT2D eigenvalue weighted by Gasteiger charge is -2.05. The van der Waals surface area contributed by atoms with Gasteiger partial charge >= 0.3 is 5.97 Å². The molecule has 4 rings (SSSR count). The van der Waals surface area contributed by atoms with Gasteiger partial charge in [0.1, 0.15) is 5.56 Å². The maximum Gasteiger partial charge on any atom is 0.360 e. The number of rotatable bonds is 6. The molecule has 160 valence electrons. The van der Waals surface area contributed by atoms with Crippen LogP contribution in [0.4, 0.5) is 5.69 Å². The molecule has 0 aromatic carbocycles. The lowest BCUT2D eigenvalue weighted by molar-refractivity contribution is 0.0594. The SMILES string of the molecule is CCn1cc(-c2ccnc3c(C(=O)Nc4cn(CC)nc4C(=O)OC)cnn23)c(C)n1. The Kier molecular flexibility index (Phi) is 5.24. The van der Waals surface area contributed by atoms with Crippen molar-refractivity contribution in [2.75, 3.05) is 12.4 Å². The molecule has 0 aliphatic carbocycles. The molecule has 0 aliphatic heterocycles. The number of aromatic nitrogens is 7. The fourth-order valence-corrected chi connectivity index (χ4v) is 3.30. The van der Waals surface area contributed by atoms with Crippen LogP contribution < -0.4 is 5.32 Å². The van der Waals surface area contributed by atoms with E-state index in [-0.39, 0.29) is 16.9 Å². The van der Waals surface area contributed by atoms with E-state index in [2.05, 4.69) is 25.6 Å². The predicted octanol–water partition coefficient (Wildman–Crippen LogP) is 2.18. The number of nitrogens with one attached hydrogen (secondary N) is 1. The third-order valence-electron chi connectivity index (χ3n) is 4.90. The average Bonchev–Trinajstić information content (AvgIpc) is 3.49. The van der Waals surface area contributed by atoms with E-state index in [0.29, 0.717) is 12.2 Å². The summed E-state index contributed by atoms with van der Waals surface area (Å²) in [6, 6.07) is 1.83. The second kappa shape index (κ2) is 8.01. The first-order chi connectivity index (χ1) is 15.0. The number of esters is 1. The lowest BCUT2D eigenvalue weighted by atomic mass is 10.2. The van der Waals surface area contributed by atoms with Crippen molar-refractivity contribution in [2.45, 2.75) is 33.9 Å². The van der Waals surface area contributed by atoms with Crippen LogP contribution in [0.2, 0.25) is 0 Å². The number of methoxy groups -OCH3 is 1. The summed E-state index contributed by atoms with van der Waals surface area (Å²) in [5.41, 5.74) is 3.48. The Balaban J connectivity index is 1.72. The highest BCUT2D eigenvalue weighted by Gasteiger charge is 2.22. The molecule has 1 N–H and O–H groups in total. The standard InChI is InChI=1S/C20H22N8O3/c1-5-26-10-14(12(3)24-26)16-7-8-21-18-13(9-22-28(16)18)19(29)23-15-11-27(6-2)25-17(15)20(30)31-4/h7-11H,5-6H2,1-4H3,(H,23,29). The third kappa shape index (κ3) is 3.54. The van der Waals surface area contributed by atoms with Crippen LogP contribution in [0, 0.1) is 6.92 Å². The van der Waals surface area contributed by atoms with Crippen molar-refractivity contribution in [3.63, 3.8) is 0 Å². The number of nitrogens with zero attached hydrogens (tertiary/aromatic N) is 7. The van der Waals surface area contributed by atoms with Gasteiger partial charge in [-0.05, 0) is 26.8 Å². The van der Waals surface area contributed by atoms with Gasteiger partial charge in [0.15, 0.2) is 11.3 Å². The highest BCUT2D eigenvalue weighted by atomic mass is 16.5. The van der Waals surface area contributed by atoms with Gasteiger partial charge in [-0.1, -0.05) is 0 Å². The van der Waals surface area contributed by atoms with Gasteiger partial charge in [0.25, 0.3) is 5.91 Å². The first kappa shape index (κ1) is 20.3. The van der Waals surface area contributed by atoms with Crippen LogP contribution in [-0.4, -0.2) is 53.1 Å². The van der Waals surface area contributed by atoms with E-state index < -0.39 is 11.9 Å². The van der Waals surface area contributed by atoms with Gasteiger partial charge in [-0.15, -0.1) is 0 Å². The van der Waals surface area contributed by atoms with Gasteiger partial charge < -0.3 is 10.1 Å². The van der Waals surface area contributed by atoms with E-state index in [9.17, 15) is 9.59 Å². The molecule has 0 fully saturated rings. The number of carbonyl (C=O) groups is 2. The van der Waals surface area contributed by atoms with Gasteiger partial charge in [-0.25, -0.2) is 14.3 Å². The van der Waals surface area contributed by atoms with Crippen LogP contribution in [-0.2, 0) is 17.8 Å². The Hall–Kier alpha value is -4.02. The van der Waals surface area contributed by atoms with Crippen LogP contribution >= 0.6 is 0 Å². The molecule has 1 amide bonds. The first-order valence-corrected chi connectivity index (χ1v) is 9.81. The molecule has 11 heteroatoms. The zero-order valence-electron chi connectivity index (χ0n) is 17.7. The number of fused-ring (bicyclic) bond motifs is 1. The highest BCUT2D eigenvalue weighted by molar-refractivity contribution is 6.10. The van der Waals surface area contributed by atoms with Crippen LogP contribution in [0.1, 0.15) is 40.4 Å². The van der Waals surface area contributed by atoms with E-state index in [1.54, 1.807) is 21.6 Å². The van der Waals surface area contributed by atoms with E-state index in [4.69, 9.17) is 4.74 Å². The van der Waals surface area contributed by atoms with E-state index in [1.165, 1.54) is 13.3 Å². The molecule has 0 spiro atoms. The largest absolute Gasteiger partial charge is 0.464 e. The van der Waals surface area contributed by atoms with Gasteiger partial charge in [-0.3, -0.25) is 14.2 Å². The van der Waals surface area contributed by atoms with Crippen molar-refractivity contribution in [3.05, 3.63) is 47.8 Å². The Morgan fingerprint density at radius 3 is 2.55 bits per heavy atom. The number of hydrogen-bond donors (Lipinski definition) is 1. The summed E-state index contributed by atoms with van der Waals surface area (Å²) in [6.07, 6.45) is 6.59. The van der Waals surface area contributed by atoms with Crippen molar-refractivity contribution >= 4 is 23.2 Å². The van der Waals surface area contributed by atoms with Crippen molar-refractivity contribution in [2.24, 2.45) is 0 Å². The van der Waals surface area contributed by atoms with E-state index in [0.717, 1.165) is 23.5 Å². The molecular weight excluding hydrogens is 400 g/mol. The number of amides is 1. The number of carbonyl (C=O) groups excluding carboxylic acids is 2. The minimum absolute atomic E-state index is 0.0328. The van der Waals surface area contributed by atoms with E-state index >= 15 is 0 Å². The Labute approximate surface area is 177 Å². The van der Waals surface area contributed by atoms with Gasteiger partial charge in [-0.2, -0.15) is 15.3 Å². The van der Waals surface area contributed by atoms with Gasteiger partial charge in [0.05, 0.1) is 30.4 Å². The zero-order valence-corrected chi connectivity index (χ0v) is 17.7. The molecule has 0 unspecified atom stereocenters. The maximum absolute atomic E-state index is 13.0. The Bertz CT molecular complexity index is 1280. The van der Waals surface area contributed by atoms with Crippen molar-refractivity contribution in [1.82, 2.24) is 34.2 Å². The molecule has 0 saturated carbocycles. The molecular formula is C20H22N8O3. The number of anilines is 1. The monoisotopic (exact) mass is 422 g/mol. The average molecular weight is 422 g/mol. The third-order valence-corrected chi connectivity index (χ3v) is 4.90. The van der Waals surface area contributed by atoms with Gasteiger partial charge in [0, 0.05) is 37.2 Å². The molecule has 0 radical (unpaired) electrons. The summed E-state index contributed by atoms with van der Waals surface area (Å²) in [6.45, 7) is 7.09. The summed E-state index contributed by atoms with van der Waals surface area (Å²) in [4.78, 5) is 29.4.